The Balaban J connectivity index is 2.04. The van der Waals surface area contributed by atoms with Crippen LogP contribution in [0.5, 0.6) is 5.75 Å². The van der Waals surface area contributed by atoms with Crippen molar-refractivity contribution >= 4 is 23.1 Å². The molecule has 1 heterocycles. The molecule has 0 saturated carbocycles. The maximum atomic E-state index is 14.3. The van der Waals surface area contributed by atoms with E-state index in [-0.39, 0.29) is 5.82 Å². The summed E-state index contributed by atoms with van der Waals surface area (Å²) < 4.78 is 25.5. The van der Waals surface area contributed by atoms with Crippen LogP contribution in [0, 0.1) is 0 Å². The summed E-state index contributed by atoms with van der Waals surface area (Å²) >= 11 is 1.57. The van der Waals surface area contributed by atoms with Crippen molar-refractivity contribution in [1.82, 2.24) is 10.6 Å². The van der Waals surface area contributed by atoms with E-state index in [1.54, 1.807) is 25.8 Å². The molecule has 8 heteroatoms. The van der Waals surface area contributed by atoms with E-state index in [9.17, 15) is 4.39 Å². The third-order valence-corrected chi connectivity index (χ3v) is 4.94. The minimum atomic E-state index is -1.09. The number of hydrogen-bond acceptors (Lipinski definition) is 6. The summed E-state index contributed by atoms with van der Waals surface area (Å²) in [6, 6.07) is 7.59. The monoisotopic (exact) mass is 408 g/mol. The Hall–Kier alpha value is -2.06. The average Bonchev–Trinajstić information content (AvgIpc) is 2.71. The molecule has 2 rings (SSSR count). The fourth-order valence-electron chi connectivity index (χ4n) is 2.36. The van der Waals surface area contributed by atoms with Crippen LogP contribution >= 0.6 is 11.8 Å². The Morgan fingerprint density at radius 1 is 1.36 bits per heavy atom. The zero-order valence-electron chi connectivity index (χ0n) is 16.9. The third-order valence-electron chi connectivity index (χ3n) is 3.83. The maximum Gasteiger partial charge on any atom is 0.235 e. The highest BCUT2D eigenvalue weighted by atomic mass is 32.2. The second-order valence-electron chi connectivity index (χ2n) is 6.39. The number of nitrogens with one attached hydrogen (secondary N) is 2. The first-order chi connectivity index (χ1) is 13.5. The molecule has 0 amide bonds. The lowest BCUT2D eigenvalue weighted by atomic mass is 10.2. The van der Waals surface area contributed by atoms with Crippen molar-refractivity contribution in [3.63, 3.8) is 0 Å². The van der Waals surface area contributed by atoms with Gasteiger partial charge in [-0.15, -0.1) is 0 Å². The summed E-state index contributed by atoms with van der Waals surface area (Å²) in [7, 11) is 1.62. The van der Waals surface area contributed by atoms with Crippen molar-refractivity contribution in [3.05, 3.63) is 41.5 Å². The fraction of sp³-hybridized carbons (Fsp3) is 0.500. The normalized spacial score (nSPS) is 19.5. The van der Waals surface area contributed by atoms with E-state index in [0.29, 0.717) is 18.3 Å². The minimum Gasteiger partial charge on any atom is -0.497 e. The van der Waals surface area contributed by atoms with Crippen molar-refractivity contribution in [2.24, 2.45) is 9.98 Å². The molecule has 2 N–H and O–H groups in total. The molecule has 1 aromatic rings. The Morgan fingerprint density at radius 2 is 2.18 bits per heavy atom. The number of ether oxygens (including phenoxy) is 2. The number of benzene rings is 1. The highest BCUT2D eigenvalue weighted by molar-refractivity contribution is 8.13. The zero-order chi connectivity index (χ0) is 20.4. The van der Waals surface area contributed by atoms with Crippen LogP contribution in [-0.4, -0.2) is 36.6 Å². The van der Waals surface area contributed by atoms with Crippen molar-refractivity contribution < 1.29 is 13.9 Å². The molecule has 6 nitrogen and oxygen atoms in total. The van der Waals surface area contributed by atoms with Crippen LogP contribution in [0.1, 0.15) is 39.2 Å². The molecule has 1 atom stereocenters. The quantitative estimate of drug-likeness (QED) is 0.474. The lowest BCUT2D eigenvalue weighted by Crippen LogP contribution is -2.49. The first-order valence-electron chi connectivity index (χ1n) is 9.44. The van der Waals surface area contributed by atoms with Crippen molar-refractivity contribution in [3.8, 4) is 5.75 Å². The van der Waals surface area contributed by atoms with Gasteiger partial charge in [0.05, 0.1) is 19.9 Å². The van der Waals surface area contributed by atoms with Crippen molar-refractivity contribution in [2.45, 2.75) is 46.1 Å². The number of thioether (sulfide) groups is 1. The summed E-state index contributed by atoms with van der Waals surface area (Å²) in [5.41, 5.74) is 0.936. The van der Waals surface area contributed by atoms with Gasteiger partial charge >= 0.3 is 0 Å². The maximum absolute atomic E-state index is 14.3. The Kier molecular flexibility index (Phi) is 8.79. The Bertz CT molecular complexity index is 739. The second kappa shape index (κ2) is 11.1. The molecule has 1 unspecified atom stereocenters. The summed E-state index contributed by atoms with van der Waals surface area (Å²) in [5, 5.41) is 6.76. The number of aliphatic imine (C=N–C) groups is 2. The molecule has 0 saturated heterocycles. The molecule has 0 aromatic heterocycles. The number of methoxy groups -OCH3 is 1. The van der Waals surface area contributed by atoms with E-state index in [4.69, 9.17) is 9.47 Å². The number of halogens is 1. The molecule has 1 aromatic carbocycles. The van der Waals surface area contributed by atoms with Crippen LogP contribution in [0.2, 0.25) is 0 Å². The Labute approximate surface area is 170 Å². The fourth-order valence-corrected chi connectivity index (χ4v) is 3.11. The number of rotatable bonds is 9. The predicted molar refractivity (Wildman–Crippen MR) is 114 cm³/mol. The van der Waals surface area contributed by atoms with E-state index < -0.39 is 11.7 Å². The van der Waals surface area contributed by atoms with E-state index in [1.807, 2.05) is 24.3 Å². The van der Waals surface area contributed by atoms with Crippen LogP contribution in [0.4, 0.5) is 4.39 Å². The van der Waals surface area contributed by atoms with Gasteiger partial charge in [0.15, 0.2) is 11.0 Å². The average molecular weight is 409 g/mol. The number of amidine groups is 1. The summed E-state index contributed by atoms with van der Waals surface area (Å²) in [6.07, 6.45) is 3.11. The van der Waals surface area contributed by atoms with Gasteiger partial charge in [-0.05, 0) is 30.5 Å². The first kappa shape index (κ1) is 22.2. The highest BCUT2D eigenvalue weighted by Gasteiger charge is 2.30. The zero-order valence-corrected chi connectivity index (χ0v) is 17.7. The molecule has 0 aliphatic carbocycles. The molecule has 1 aliphatic rings. The highest BCUT2D eigenvalue weighted by Crippen LogP contribution is 2.21. The van der Waals surface area contributed by atoms with Gasteiger partial charge in [0.1, 0.15) is 11.6 Å². The Morgan fingerprint density at radius 3 is 2.89 bits per heavy atom. The molecule has 1 aliphatic heterocycles. The largest absolute Gasteiger partial charge is 0.497 e. The van der Waals surface area contributed by atoms with E-state index >= 15 is 0 Å². The van der Waals surface area contributed by atoms with Crippen LogP contribution in [-0.2, 0) is 11.3 Å². The molecular weight excluding hydrogens is 379 g/mol. The topological polar surface area (TPSA) is 67.2 Å². The second-order valence-corrected chi connectivity index (χ2v) is 7.47. The van der Waals surface area contributed by atoms with Gasteiger partial charge in [-0.1, -0.05) is 37.7 Å². The lowest BCUT2D eigenvalue weighted by Gasteiger charge is -2.32. The first-order valence-corrected chi connectivity index (χ1v) is 10.4. The van der Waals surface area contributed by atoms with Crippen molar-refractivity contribution in [2.75, 3.05) is 19.4 Å². The number of hydrogen-bond donors (Lipinski definition) is 2. The van der Waals surface area contributed by atoms with Crippen molar-refractivity contribution in [1.29, 1.82) is 0 Å². The predicted octanol–water partition coefficient (Wildman–Crippen LogP) is 4.20. The molecule has 28 heavy (non-hydrogen) atoms. The molecule has 0 radical (unpaired) electrons. The van der Waals surface area contributed by atoms with Gasteiger partial charge in [0.25, 0.3) is 0 Å². The van der Waals surface area contributed by atoms with Crippen LogP contribution in [0.15, 0.2) is 45.9 Å². The summed E-state index contributed by atoms with van der Waals surface area (Å²) in [4.78, 5) is 8.67. The molecule has 0 bridgehead atoms. The summed E-state index contributed by atoms with van der Waals surface area (Å²) in [6.45, 7) is 6.89. The van der Waals surface area contributed by atoms with Crippen LogP contribution < -0.4 is 15.4 Å². The van der Waals surface area contributed by atoms with Crippen LogP contribution in [0.25, 0.3) is 0 Å². The van der Waals surface area contributed by atoms with Gasteiger partial charge in [-0.25, -0.2) is 9.38 Å². The van der Waals surface area contributed by atoms with Gasteiger partial charge in [0, 0.05) is 19.2 Å². The summed E-state index contributed by atoms with van der Waals surface area (Å²) in [5.74, 6) is 0.295. The molecule has 154 valence electrons. The smallest absolute Gasteiger partial charge is 0.235 e. The minimum absolute atomic E-state index is 0.210. The van der Waals surface area contributed by atoms with Gasteiger partial charge < -0.3 is 20.1 Å². The van der Waals surface area contributed by atoms with E-state index in [2.05, 4.69) is 34.5 Å². The number of nitrogens with zero attached hydrogens (tertiary/aromatic N) is 2. The standard InChI is InChI=1S/C20H29FN4O2S/c1-5-10-22-19(28-11-6-2)24-18-17(21)13-23-20(3,25-18)27-14-15-8-7-9-16(12-15)26-4/h7-9,12-13,25H,5-6,10-11,14H2,1-4H3,(H,22,24). The van der Waals surface area contributed by atoms with Gasteiger partial charge in [-0.2, -0.15) is 0 Å². The molecule has 0 fully saturated rings. The lowest BCUT2D eigenvalue weighted by molar-refractivity contribution is -0.0567. The number of allylic oxidation sites excluding steroid dienone is 1. The molecule has 0 spiro atoms. The van der Waals surface area contributed by atoms with Gasteiger partial charge in [0.2, 0.25) is 5.85 Å². The van der Waals surface area contributed by atoms with E-state index in [1.165, 1.54) is 6.21 Å². The SMILES string of the molecule is CCCN=C(NC1=C(F)C=NC(C)(OCc2cccc(OC)c2)N1)SCCC. The van der Waals surface area contributed by atoms with Gasteiger partial charge in [-0.3, -0.25) is 4.99 Å². The van der Waals surface area contributed by atoms with Crippen LogP contribution in [0.3, 0.4) is 0 Å². The third kappa shape index (κ3) is 6.83. The molecular formula is C20H29FN4O2S. The van der Waals surface area contributed by atoms with E-state index in [0.717, 1.165) is 29.9 Å².